The van der Waals surface area contributed by atoms with Crippen LogP contribution >= 0.6 is 11.3 Å². The van der Waals surface area contributed by atoms with E-state index in [0.29, 0.717) is 58.0 Å². The number of nitrogens with zero attached hydrogens (tertiary/aromatic N) is 8. The van der Waals surface area contributed by atoms with Gasteiger partial charge in [0.15, 0.2) is 0 Å². The Morgan fingerprint density at radius 3 is 2.19 bits per heavy atom. The Bertz CT molecular complexity index is 3200. The average molecular weight is 1150 g/mol. The number of amides is 5. The van der Waals surface area contributed by atoms with Crippen molar-refractivity contribution in [2.45, 2.75) is 123 Å². The molecule has 4 aromatic heterocycles. The first kappa shape index (κ1) is 61.3. The van der Waals surface area contributed by atoms with E-state index in [1.165, 1.54) is 4.90 Å². The van der Waals surface area contributed by atoms with Gasteiger partial charge in [-0.1, -0.05) is 57.2 Å². The molecule has 2 aliphatic rings. The SMILES string of the molecule is Cc1ncsc1-c1ccc(CNC(=O)[C@@H]2C[C@@H](O)CN2C(=O)[C@@H](NC(=O)COCCCCOCCOCCn2cc(CNC(=O)N(c3ccc(-c4ccc(=O)n(C)c4)cc3)[C@H]3CC[C@H](Nc4ccc(C#N)cn4)CC3)cn2)C(C)(C)C)cc1. The lowest BCUT2D eigenvalue weighted by molar-refractivity contribution is -0.144. The second-order valence-corrected chi connectivity index (χ2v) is 23.0. The zero-order chi connectivity index (χ0) is 58.9. The third kappa shape index (κ3) is 17.4. The number of aliphatic hydroxyl groups excluding tert-OH is 1. The summed E-state index contributed by atoms with van der Waals surface area (Å²) in [5.74, 6) is -0.549. The van der Waals surface area contributed by atoms with Crippen molar-refractivity contribution in [1.82, 2.24) is 45.2 Å². The largest absolute Gasteiger partial charge is 0.391 e. The van der Waals surface area contributed by atoms with Crippen LogP contribution in [-0.2, 0) is 55.3 Å². The summed E-state index contributed by atoms with van der Waals surface area (Å²) in [4.78, 5) is 79.7. The first-order valence-corrected chi connectivity index (χ1v) is 29.2. The molecule has 0 unspecified atom stereocenters. The minimum Gasteiger partial charge on any atom is -0.391 e. The van der Waals surface area contributed by atoms with Gasteiger partial charge in [0.25, 0.3) is 0 Å². The van der Waals surface area contributed by atoms with Gasteiger partial charge < -0.3 is 50.1 Å². The highest BCUT2D eigenvalue weighted by molar-refractivity contribution is 7.13. The predicted octanol–water partition coefficient (Wildman–Crippen LogP) is 6.73. The smallest absolute Gasteiger partial charge is 0.322 e. The lowest BCUT2D eigenvalue weighted by atomic mass is 9.85. The van der Waals surface area contributed by atoms with Gasteiger partial charge in [-0.15, -0.1) is 11.3 Å². The number of anilines is 2. The standard InChI is InChI=1S/C61H76N12O9S/c1-41-56(83-40-66-41)46-11-8-42(9-12-46)32-64-58(77)52-30-51(74)38-72(52)59(78)57(61(2,3)4)69-54(75)39-82-26-7-6-25-80-28-29-81-27-24-71-36-44(35-67-71)34-65-60(79)73(49-18-13-45(14-19-49)47-15-23-55(76)70(5)37-47)50-20-16-48(17-21-50)68-53-22-10-43(31-62)33-63-53/h8-15,18-19,22-23,33,35-37,40,48,50-52,57,74H,6-7,16-17,20-21,24-30,32,34,38-39H2,1-5H3,(H,63,68)(H,64,77)(H,65,79)(H,69,75)/t48-,50-,51-,52+,57-/m1/s1. The molecule has 22 heteroatoms. The second kappa shape index (κ2) is 29.4. The number of nitrogens with one attached hydrogen (secondary N) is 4. The van der Waals surface area contributed by atoms with Crippen LogP contribution in [0.4, 0.5) is 16.3 Å². The van der Waals surface area contributed by atoms with Crippen LogP contribution in [-0.4, -0.2) is 135 Å². The molecule has 0 radical (unpaired) electrons. The number of ether oxygens (including phenoxy) is 3. The fourth-order valence-corrected chi connectivity index (χ4v) is 11.0. The lowest BCUT2D eigenvalue weighted by Crippen LogP contribution is -2.58. The van der Waals surface area contributed by atoms with E-state index in [1.54, 1.807) is 64.4 Å². The maximum absolute atomic E-state index is 14.1. The molecule has 1 saturated carbocycles. The van der Waals surface area contributed by atoms with E-state index >= 15 is 0 Å². The van der Waals surface area contributed by atoms with E-state index in [0.717, 1.165) is 75.6 Å². The number of aliphatic hydroxyl groups is 1. The van der Waals surface area contributed by atoms with Gasteiger partial charge in [0.1, 0.15) is 30.6 Å². The quantitative estimate of drug-likeness (QED) is 0.0353. The summed E-state index contributed by atoms with van der Waals surface area (Å²) >= 11 is 1.57. The van der Waals surface area contributed by atoms with E-state index in [4.69, 9.17) is 19.5 Å². The van der Waals surface area contributed by atoms with Crippen molar-refractivity contribution < 1.29 is 38.5 Å². The second-order valence-electron chi connectivity index (χ2n) is 22.2. The van der Waals surface area contributed by atoms with E-state index in [9.17, 15) is 29.1 Å². The first-order valence-electron chi connectivity index (χ1n) is 28.3. The Hall–Kier alpha value is -7.81. The van der Waals surface area contributed by atoms with Crippen molar-refractivity contribution in [3.63, 3.8) is 0 Å². The molecular weight excluding hydrogens is 1080 g/mol. The number of thiazole rings is 1. The molecule has 2 aromatic carbocycles. The third-order valence-electron chi connectivity index (χ3n) is 14.8. The Morgan fingerprint density at radius 1 is 0.819 bits per heavy atom. The lowest BCUT2D eigenvalue weighted by Gasteiger charge is -2.37. The number of carbonyl (C=O) groups excluding carboxylic acids is 4. The normalized spacial score (nSPS) is 17.3. The molecule has 2 fully saturated rings. The average Bonchev–Trinajstić information content (AvgIpc) is 4.27. The van der Waals surface area contributed by atoms with Crippen LogP contribution in [0.3, 0.4) is 0 Å². The van der Waals surface area contributed by atoms with Gasteiger partial charge in [0.2, 0.25) is 23.3 Å². The maximum atomic E-state index is 14.1. The number of hydrogen-bond donors (Lipinski definition) is 5. The number of carbonyl (C=O) groups is 4. The molecule has 83 heavy (non-hydrogen) atoms. The summed E-state index contributed by atoms with van der Waals surface area (Å²) in [6, 6.07) is 22.8. The van der Waals surface area contributed by atoms with Crippen molar-refractivity contribution in [2.75, 3.05) is 56.4 Å². The summed E-state index contributed by atoms with van der Waals surface area (Å²) < 4.78 is 20.5. The zero-order valence-corrected chi connectivity index (χ0v) is 48.7. The summed E-state index contributed by atoms with van der Waals surface area (Å²) in [6.45, 7) is 10.3. The van der Waals surface area contributed by atoms with Crippen LogP contribution in [0.1, 0.15) is 88.1 Å². The van der Waals surface area contributed by atoms with Gasteiger partial charge >= 0.3 is 6.03 Å². The highest BCUT2D eigenvalue weighted by atomic mass is 32.1. The Balaban J connectivity index is 0.700. The van der Waals surface area contributed by atoms with Crippen LogP contribution in [0.15, 0.2) is 108 Å². The van der Waals surface area contributed by atoms with Crippen molar-refractivity contribution in [2.24, 2.45) is 12.5 Å². The molecule has 3 atom stereocenters. The number of likely N-dealkylation sites (tertiary alicyclic amines) is 1. The van der Waals surface area contributed by atoms with Gasteiger partial charge in [0.05, 0.1) is 60.3 Å². The highest BCUT2D eigenvalue weighted by Gasteiger charge is 2.44. The number of rotatable bonds is 26. The number of β-amino-alcohol motifs (C(OH)–C–C–N with tert-alkyl or cyclic N) is 1. The molecular formula is C61H76N12O9S. The van der Waals surface area contributed by atoms with Crippen molar-refractivity contribution in [1.29, 1.82) is 5.26 Å². The Morgan fingerprint density at radius 2 is 1.52 bits per heavy atom. The predicted molar refractivity (Wildman–Crippen MR) is 316 cm³/mol. The molecule has 5 amide bonds. The van der Waals surface area contributed by atoms with Gasteiger partial charge in [-0.05, 0) is 103 Å². The summed E-state index contributed by atoms with van der Waals surface area (Å²) in [7, 11) is 1.72. The van der Waals surface area contributed by atoms with Crippen molar-refractivity contribution in [3.8, 4) is 27.6 Å². The molecule has 440 valence electrons. The van der Waals surface area contributed by atoms with Crippen molar-refractivity contribution in [3.05, 3.63) is 136 Å². The summed E-state index contributed by atoms with van der Waals surface area (Å²) in [5, 5.41) is 36.6. The number of aromatic nitrogens is 5. The summed E-state index contributed by atoms with van der Waals surface area (Å²) in [5.41, 5.74) is 7.86. The fraction of sp³-hybridized carbons (Fsp3) is 0.459. The molecule has 0 spiro atoms. The molecule has 1 saturated heterocycles. The topological polar surface area (TPSA) is 260 Å². The van der Waals surface area contributed by atoms with Crippen LogP contribution in [0.5, 0.6) is 0 Å². The Kier molecular flexibility index (Phi) is 21.7. The molecule has 5 heterocycles. The molecule has 6 aromatic rings. The molecule has 1 aliphatic heterocycles. The van der Waals surface area contributed by atoms with E-state index in [-0.39, 0.29) is 62.2 Å². The van der Waals surface area contributed by atoms with Gasteiger partial charge in [0, 0.05) is 94.3 Å². The van der Waals surface area contributed by atoms with E-state index in [1.807, 2.05) is 98.9 Å². The number of unbranched alkanes of at least 4 members (excludes halogenated alkanes) is 1. The Labute approximate surface area is 488 Å². The molecule has 21 nitrogen and oxygen atoms in total. The molecule has 1 aliphatic carbocycles. The third-order valence-corrected chi connectivity index (χ3v) is 15.8. The minimum atomic E-state index is -0.960. The maximum Gasteiger partial charge on any atom is 0.322 e. The zero-order valence-electron chi connectivity index (χ0n) is 47.9. The number of nitriles is 1. The number of hydrogen-bond acceptors (Lipinski definition) is 15. The van der Waals surface area contributed by atoms with Crippen LogP contribution in [0.2, 0.25) is 0 Å². The highest BCUT2D eigenvalue weighted by Crippen LogP contribution is 2.32. The fourth-order valence-electron chi connectivity index (χ4n) is 10.2. The monoisotopic (exact) mass is 1150 g/mol. The number of benzene rings is 2. The van der Waals surface area contributed by atoms with E-state index in [2.05, 4.69) is 42.4 Å². The van der Waals surface area contributed by atoms with Gasteiger partial charge in [-0.2, -0.15) is 10.4 Å². The molecule has 0 bridgehead atoms. The van der Waals surface area contributed by atoms with Crippen LogP contribution in [0.25, 0.3) is 21.6 Å². The molecule has 5 N–H and O–H groups in total. The van der Waals surface area contributed by atoms with Crippen LogP contribution < -0.4 is 31.7 Å². The molecule has 8 rings (SSSR count). The number of pyridine rings is 2. The summed E-state index contributed by atoms with van der Waals surface area (Å²) in [6.07, 6.45) is 10.7. The van der Waals surface area contributed by atoms with Crippen molar-refractivity contribution >= 4 is 46.6 Å². The minimum absolute atomic E-state index is 0.0177. The number of urea groups is 1. The first-order chi connectivity index (χ1) is 40.0. The number of aryl methyl sites for hydroxylation is 2. The van der Waals surface area contributed by atoms with E-state index < -0.39 is 35.4 Å². The van der Waals surface area contributed by atoms with Crippen LogP contribution in [0, 0.1) is 23.7 Å². The van der Waals surface area contributed by atoms with Gasteiger partial charge in [-0.25, -0.2) is 14.8 Å². The van der Waals surface area contributed by atoms with Gasteiger partial charge in [-0.3, -0.25) is 28.8 Å².